The van der Waals surface area contributed by atoms with Crippen LogP contribution in [-0.4, -0.2) is 9.13 Å². The molecule has 0 saturated carbocycles. The second-order valence-corrected chi connectivity index (χ2v) is 15.2. The molecule has 13 aromatic rings. The third-order valence-corrected chi connectivity index (χ3v) is 12.3. The van der Waals surface area contributed by atoms with Crippen molar-refractivity contribution in [3.8, 4) is 22.5 Å². The fourth-order valence-corrected chi connectivity index (χ4v) is 9.84. The van der Waals surface area contributed by atoms with Crippen LogP contribution in [0.3, 0.4) is 0 Å². The molecule has 0 bridgehead atoms. The van der Waals surface area contributed by atoms with Gasteiger partial charge in [0.15, 0.2) is 0 Å². The van der Waals surface area contributed by atoms with Crippen LogP contribution in [0.5, 0.6) is 0 Å². The van der Waals surface area contributed by atoms with E-state index in [1.54, 1.807) is 0 Å². The van der Waals surface area contributed by atoms with E-state index in [0.717, 1.165) is 44.2 Å². The van der Waals surface area contributed by atoms with E-state index in [2.05, 4.69) is 203 Å². The summed E-state index contributed by atoms with van der Waals surface area (Å²) in [4.78, 5) is 0. The standard InChI is InChI=1S/C54H32N2O/c1-2-12-33(13-3-1)34-22-24-35(25-23-34)56-49-30-28-43-42-18-9-11-21-50(42)57-54(43)52(49)45-29-31-48-51(53(45)56)44-19-8-10-20-47(44)55(48)36-26-27-41-39-16-5-4-14-37(39)38-15-6-7-17-40(38)46(41)32-36/h1-32H. The maximum atomic E-state index is 6.76. The minimum Gasteiger partial charge on any atom is -0.455 e. The molecular formula is C54H32N2O. The second kappa shape index (κ2) is 11.5. The molecule has 0 aliphatic rings. The Bertz CT molecular complexity index is 3750. The lowest BCUT2D eigenvalue weighted by Gasteiger charge is -2.14. The highest BCUT2D eigenvalue weighted by molar-refractivity contribution is 6.31. The van der Waals surface area contributed by atoms with Crippen molar-refractivity contribution in [3.05, 3.63) is 194 Å². The SMILES string of the molecule is c1ccc(-c2ccc(-n3c4ccc5c6ccccc6oc5c4c4ccc5c(c6ccccc6n5-c5ccc6c7ccccc7c7ccccc7c6c5)c43)cc2)cc1. The fraction of sp³-hybridized carbons (Fsp3) is 0. The van der Waals surface area contributed by atoms with Crippen molar-refractivity contribution in [3.63, 3.8) is 0 Å². The minimum atomic E-state index is 0.905. The van der Waals surface area contributed by atoms with E-state index in [-0.39, 0.29) is 0 Å². The van der Waals surface area contributed by atoms with E-state index in [1.165, 1.54) is 76.2 Å². The summed E-state index contributed by atoms with van der Waals surface area (Å²) in [6.07, 6.45) is 0. The predicted octanol–water partition coefficient (Wildman–Crippen LogP) is 14.9. The van der Waals surface area contributed by atoms with Crippen LogP contribution >= 0.6 is 0 Å². The highest BCUT2D eigenvalue weighted by Crippen LogP contribution is 2.46. The topological polar surface area (TPSA) is 23.0 Å². The first kappa shape index (κ1) is 30.7. The average Bonchev–Trinajstić information content (AvgIpc) is 3.94. The molecule has 13 rings (SSSR count). The second-order valence-electron chi connectivity index (χ2n) is 15.2. The number of aromatic nitrogens is 2. The summed E-state index contributed by atoms with van der Waals surface area (Å²) < 4.78 is 11.7. The van der Waals surface area contributed by atoms with Crippen LogP contribution in [0.15, 0.2) is 199 Å². The zero-order valence-corrected chi connectivity index (χ0v) is 30.8. The summed E-state index contributed by atoms with van der Waals surface area (Å²) in [5, 5.41) is 14.7. The first-order chi connectivity index (χ1) is 28.3. The molecule has 3 heteroatoms. The molecule has 0 N–H and O–H groups in total. The molecular weight excluding hydrogens is 693 g/mol. The molecule has 3 nitrogen and oxygen atoms in total. The van der Waals surface area contributed by atoms with Gasteiger partial charge in [0.2, 0.25) is 0 Å². The van der Waals surface area contributed by atoms with Gasteiger partial charge in [-0.05, 0) is 104 Å². The highest BCUT2D eigenvalue weighted by atomic mass is 16.3. The van der Waals surface area contributed by atoms with E-state index in [0.29, 0.717) is 0 Å². The van der Waals surface area contributed by atoms with Crippen molar-refractivity contribution >= 4 is 97.9 Å². The zero-order chi connectivity index (χ0) is 37.2. The molecule has 0 spiro atoms. The smallest absolute Gasteiger partial charge is 0.145 e. The molecule has 3 aromatic heterocycles. The molecule has 0 saturated heterocycles. The maximum Gasteiger partial charge on any atom is 0.145 e. The van der Waals surface area contributed by atoms with E-state index in [1.807, 2.05) is 0 Å². The van der Waals surface area contributed by atoms with Gasteiger partial charge in [0, 0.05) is 38.3 Å². The molecule has 0 aliphatic heterocycles. The van der Waals surface area contributed by atoms with Crippen molar-refractivity contribution in [1.29, 1.82) is 0 Å². The Morgan fingerprint density at radius 1 is 0.298 bits per heavy atom. The van der Waals surface area contributed by atoms with Gasteiger partial charge in [-0.2, -0.15) is 0 Å². The van der Waals surface area contributed by atoms with Gasteiger partial charge < -0.3 is 13.6 Å². The summed E-state index contributed by atoms with van der Waals surface area (Å²) in [7, 11) is 0. The van der Waals surface area contributed by atoms with E-state index < -0.39 is 0 Å². The van der Waals surface area contributed by atoms with Gasteiger partial charge in [-0.15, -0.1) is 0 Å². The van der Waals surface area contributed by atoms with Crippen LogP contribution < -0.4 is 0 Å². The Balaban J connectivity index is 1.16. The highest BCUT2D eigenvalue weighted by Gasteiger charge is 2.24. The van der Waals surface area contributed by atoms with Crippen molar-refractivity contribution in [2.75, 3.05) is 0 Å². The number of benzene rings is 10. The Labute approximate surface area is 326 Å². The van der Waals surface area contributed by atoms with Crippen LogP contribution in [0.2, 0.25) is 0 Å². The van der Waals surface area contributed by atoms with Gasteiger partial charge in [-0.25, -0.2) is 0 Å². The lowest BCUT2D eigenvalue weighted by Crippen LogP contribution is -1.96. The Morgan fingerprint density at radius 3 is 1.56 bits per heavy atom. The van der Waals surface area contributed by atoms with Gasteiger partial charge in [0.25, 0.3) is 0 Å². The summed E-state index contributed by atoms with van der Waals surface area (Å²) >= 11 is 0. The summed E-state index contributed by atoms with van der Waals surface area (Å²) in [6, 6.07) is 70.7. The Hall–Kier alpha value is -7.62. The normalized spacial score (nSPS) is 12.2. The van der Waals surface area contributed by atoms with Gasteiger partial charge in [-0.3, -0.25) is 0 Å². The van der Waals surface area contributed by atoms with E-state index in [4.69, 9.17) is 4.42 Å². The molecule has 264 valence electrons. The molecule has 0 radical (unpaired) electrons. The van der Waals surface area contributed by atoms with Crippen LogP contribution in [0, 0.1) is 0 Å². The quantitative estimate of drug-likeness (QED) is 0.166. The lowest BCUT2D eigenvalue weighted by molar-refractivity contribution is 0.673. The largest absolute Gasteiger partial charge is 0.455 e. The van der Waals surface area contributed by atoms with Crippen LogP contribution in [0.25, 0.3) is 120 Å². The first-order valence-electron chi connectivity index (χ1n) is 19.6. The van der Waals surface area contributed by atoms with Crippen LogP contribution in [-0.2, 0) is 0 Å². The third kappa shape index (κ3) is 4.20. The molecule has 0 amide bonds. The number of para-hydroxylation sites is 2. The zero-order valence-electron chi connectivity index (χ0n) is 30.8. The Kier molecular flexibility index (Phi) is 6.16. The van der Waals surface area contributed by atoms with Gasteiger partial charge in [0.1, 0.15) is 11.2 Å². The van der Waals surface area contributed by atoms with Crippen LogP contribution in [0.4, 0.5) is 0 Å². The molecule has 0 aliphatic carbocycles. The summed E-state index contributed by atoms with van der Waals surface area (Å²) in [5.74, 6) is 0. The number of rotatable bonds is 3. The minimum absolute atomic E-state index is 0.905. The van der Waals surface area contributed by atoms with Gasteiger partial charge >= 0.3 is 0 Å². The molecule has 3 heterocycles. The molecule has 0 unspecified atom stereocenters. The molecule has 0 atom stereocenters. The molecule has 10 aromatic carbocycles. The third-order valence-electron chi connectivity index (χ3n) is 12.3. The maximum absolute atomic E-state index is 6.76. The number of nitrogens with zero attached hydrogens (tertiary/aromatic N) is 2. The van der Waals surface area contributed by atoms with Gasteiger partial charge in [0.05, 0.1) is 27.5 Å². The first-order valence-corrected chi connectivity index (χ1v) is 19.6. The number of fused-ring (bicyclic) bond motifs is 17. The fourth-order valence-electron chi connectivity index (χ4n) is 9.84. The molecule has 57 heavy (non-hydrogen) atoms. The Morgan fingerprint density at radius 2 is 0.825 bits per heavy atom. The predicted molar refractivity (Wildman–Crippen MR) is 240 cm³/mol. The summed E-state index contributed by atoms with van der Waals surface area (Å²) in [5.41, 5.74) is 11.1. The summed E-state index contributed by atoms with van der Waals surface area (Å²) in [6.45, 7) is 0. The number of furan rings is 1. The molecule has 0 fully saturated rings. The van der Waals surface area contributed by atoms with Crippen molar-refractivity contribution in [2.45, 2.75) is 0 Å². The van der Waals surface area contributed by atoms with Crippen molar-refractivity contribution < 1.29 is 4.42 Å². The average molecular weight is 725 g/mol. The monoisotopic (exact) mass is 724 g/mol. The number of hydrogen-bond acceptors (Lipinski definition) is 1. The van der Waals surface area contributed by atoms with Gasteiger partial charge in [-0.1, -0.05) is 133 Å². The lowest BCUT2D eigenvalue weighted by atomic mass is 9.94. The van der Waals surface area contributed by atoms with E-state index in [9.17, 15) is 0 Å². The van der Waals surface area contributed by atoms with E-state index >= 15 is 0 Å². The van der Waals surface area contributed by atoms with Crippen molar-refractivity contribution in [1.82, 2.24) is 9.13 Å². The van der Waals surface area contributed by atoms with Crippen LogP contribution in [0.1, 0.15) is 0 Å². The van der Waals surface area contributed by atoms with Crippen molar-refractivity contribution in [2.24, 2.45) is 0 Å². The number of hydrogen-bond donors (Lipinski definition) is 0.